The van der Waals surface area contributed by atoms with Crippen molar-refractivity contribution in [3.05, 3.63) is 35.5 Å². The van der Waals surface area contributed by atoms with Crippen LogP contribution in [-0.4, -0.2) is 29.9 Å². The van der Waals surface area contributed by atoms with Gasteiger partial charge in [0.25, 0.3) is 0 Å². The number of aryl methyl sites for hydroxylation is 1. The molecule has 1 amide bonds. The minimum atomic E-state index is -0.0261. The van der Waals surface area contributed by atoms with E-state index in [1.54, 1.807) is 6.92 Å². The molecule has 1 aromatic heterocycles. The number of anilines is 1. The number of rotatable bonds is 7. The van der Waals surface area contributed by atoms with Gasteiger partial charge < -0.3 is 10.2 Å². The van der Waals surface area contributed by atoms with Gasteiger partial charge in [0, 0.05) is 32.2 Å². The molecule has 0 aliphatic rings. The zero-order chi connectivity index (χ0) is 18.2. The van der Waals surface area contributed by atoms with Gasteiger partial charge in [0.2, 0.25) is 5.91 Å². The predicted octanol–water partition coefficient (Wildman–Crippen LogP) is 3.70. The van der Waals surface area contributed by atoms with Gasteiger partial charge >= 0.3 is 0 Å². The second kappa shape index (κ2) is 8.89. The molecule has 0 radical (unpaired) electrons. The van der Waals surface area contributed by atoms with Crippen LogP contribution in [-0.2, 0) is 4.79 Å². The number of carbonyl (C=O) groups is 1. The summed E-state index contributed by atoms with van der Waals surface area (Å²) in [5, 5.41) is 20.7. The molecule has 0 aliphatic heterocycles. The maximum atomic E-state index is 11.0. The summed E-state index contributed by atoms with van der Waals surface area (Å²) in [5.74, 6) is -0.0261. The molecule has 8 heteroatoms. The highest BCUT2D eigenvalue weighted by Gasteiger charge is 2.09. The van der Waals surface area contributed by atoms with Crippen molar-refractivity contribution in [2.45, 2.75) is 20.8 Å². The normalized spacial score (nSPS) is 10.6. The molecule has 130 valence electrons. The number of azo groups is 1. The number of hydrogen-bond acceptors (Lipinski definition) is 7. The summed E-state index contributed by atoms with van der Waals surface area (Å²) in [6.45, 7) is 7.54. The zero-order valence-corrected chi connectivity index (χ0v) is 15.3. The molecule has 0 saturated carbocycles. The third kappa shape index (κ3) is 5.09. The highest BCUT2D eigenvalue weighted by Crippen LogP contribution is 2.29. The maximum Gasteiger partial charge on any atom is 0.216 e. The van der Waals surface area contributed by atoms with Crippen LogP contribution in [0.2, 0.25) is 0 Å². The lowest BCUT2D eigenvalue weighted by molar-refractivity contribution is -0.118. The van der Waals surface area contributed by atoms with Crippen molar-refractivity contribution < 1.29 is 4.79 Å². The Kier molecular flexibility index (Phi) is 6.60. The molecule has 0 saturated heterocycles. The summed E-state index contributed by atoms with van der Waals surface area (Å²) in [4.78, 5) is 13.1. The van der Waals surface area contributed by atoms with Gasteiger partial charge in [-0.15, -0.1) is 10.2 Å². The van der Waals surface area contributed by atoms with E-state index in [0.29, 0.717) is 28.5 Å². The standard InChI is InChI=1S/C17H20N6OS/c1-4-23(10-9-19-13(3)24)15-7-5-14(6-8-15)20-21-17-16(11-18)12(2)22-25-17/h5-8H,4,9-10H2,1-3H3,(H,19,24)/b21-20+. The largest absolute Gasteiger partial charge is 0.370 e. The Labute approximate surface area is 151 Å². The van der Waals surface area contributed by atoms with E-state index in [1.165, 1.54) is 18.5 Å². The van der Waals surface area contributed by atoms with E-state index in [-0.39, 0.29) is 5.91 Å². The number of nitrogens with one attached hydrogen (secondary N) is 1. The number of aromatic nitrogens is 1. The van der Waals surface area contributed by atoms with E-state index in [9.17, 15) is 4.79 Å². The molecule has 2 rings (SSSR count). The van der Waals surface area contributed by atoms with E-state index in [4.69, 9.17) is 5.26 Å². The molecule has 0 unspecified atom stereocenters. The zero-order valence-electron chi connectivity index (χ0n) is 14.5. The van der Waals surface area contributed by atoms with Gasteiger partial charge in [-0.3, -0.25) is 4.79 Å². The van der Waals surface area contributed by atoms with Gasteiger partial charge in [-0.2, -0.15) is 9.64 Å². The van der Waals surface area contributed by atoms with Gasteiger partial charge in [0.15, 0.2) is 5.00 Å². The molecule has 0 aliphatic carbocycles. The average Bonchev–Trinajstić information content (AvgIpc) is 2.97. The van der Waals surface area contributed by atoms with Gasteiger partial charge in [0.05, 0.1) is 11.4 Å². The van der Waals surface area contributed by atoms with Crippen LogP contribution in [0, 0.1) is 18.3 Å². The number of nitriles is 1. The lowest BCUT2D eigenvalue weighted by Gasteiger charge is -2.23. The Bertz CT molecular complexity index is 790. The fourth-order valence-corrected chi connectivity index (χ4v) is 2.90. The second-order valence-corrected chi connectivity index (χ2v) is 6.09. The average molecular weight is 356 g/mol. The first-order chi connectivity index (χ1) is 12.0. The maximum absolute atomic E-state index is 11.0. The van der Waals surface area contributed by atoms with E-state index in [0.717, 1.165) is 18.8 Å². The van der Waals surface area contributed by atoms with Crippen molar-refractivity contribution in [3.8, 4) is 6.07 Å². The molecule has 0 fully saturated rings. The van der Waals surface area contributed by atoms with Crippen molar-refractivity contribution in [1.29, 1.82) is 5.26 Å². The van der Waals surface area contributed by atoms with Crippen LogP contribution < -0.4 is 10.2 Å². The Morgan fingerprint density at radius 3 is 2.68 bits per heavy atom. The molecule has 25 heavy (non-hydrogen) atoms. The second-order valence-electron chi connectivity index (χ2n) is 5.34. The van der Waals surface area contributed by atoms with Crippen molar-refractivity contribution in [2.75, 3.05) is 24.5 Å². The quantitative estimate of drug-likeness (QED) is 0.765. The molecule has 7 nitrogen and oxygen atoms in total. The summed E-state index contributed by atoms with van der Waals surface area (Å²) >= 11 is 1.17. The van der Waals surface area contributed by atoms with Crippen molar-refractivity contribution in [2.24, 2.45) is 10.2 Å². The van der Waals surface area contributed by atoms with Crippen LogP contribution in [0.15, 0.2) is 34.5 Å². The molecule has 1 aromatic carbocycles. The Balaban J connectivity index is 2.04. The third-order valence-electron chi connectivity index (χ3n) is 3.57. The van der Waals surface area contributed by atoms with Crippen LogP contribution in [0.1, 0.15) is 25.1 Å². The Morgan fingerprint density at radius 1 is 1.36 bits per heavy atom. The molecular weight excluding hydrogens is 336 g/mol. The summed E-state index contributed by atoms with van der Waals surface area (Å²) in [5.41, 5.74) is 2.91. The number of likely N-dealkylation sites (N-methyl/N-ethyl adjacent to an activating group) is 1. The SMILES string of the molecule is CCN(CCNC(C)=O)c1ccc(/N=N/c2snc(C)c2C#N)cc1. The first kappa shape index (κ1) is 18.5. The topological polar surface area (TPSA) is 93.7 Å². The highest BCUT2D eigenvalue weighted by molar-refractivity contribution is 7.10. The fraction of sp³-hybridized carbons (Fsp3) is 0.353. The molecule has 0 atom stereocenters. The first-order valence-corrected chi connectivity index (χ1v) is 8.70. The molecule has 1 heterocycles. The van der Waals surface area contributed by atoms with Crippen LogP contribution in [0.5, 0.6) is 0 Å². The number of carbonyl (C=O) groups excluding carboxylic acids is 1. The van der Waals surface area contributed by atoms with Crippen LogP contribution >= 0.6 is 11.5 Å². The van der Waals surface area contributed by atoms with Crippen molar-refractivity contribution >= 4 is 33.8 Å². The Morgan fingerprint density at radius 2 is 2.08 bits per heavy atom. The summed E-state index contributed by atoms with van der Waals surface area (Å²) in [6, 6.07) is 9.78. The summed E-state index contributed by atoms with van der Waals surface area (Å²) < 4.78 is 4.12. The molecular formula is C17H20N6OS. The monoisotopic (exact) mass is 356 g/mol. The lowest BCUT2D eigenvalue weighted by Crippen LogP contribution is -2.33. The van der Waals surface area contributed by atoms with E-state index in [1.807, 2.05) is 24.3 Å². The summed E-state index contributed by atoms with van der Waals surface area (Å²) in [6.07, 6.45) is 0. The third-order valence-corrected chi connectivity index (χ3v) is 4.39. The lowest BCUT2D eigenvalue weighted by atomic mass is 10.2. The minimum absolute atomic E-state index is 0.0261. The van der Waals surface area contributed by atoms with Crippen molar-refractivity contribution in [1.82, 2.24) is 9.69 Å². The van der Waals surface area contributed by atoms with E-state index in [2.05, 4.69) is 37.8 Å². The van der Waals surface area contributed by atoms with Gasteiger partial charge in [0.1, 0.15) is 11.6 Å². The Hall–Kier alpha value is -2.79. The van der Waals surface area contributed by atoms with Crippen LogP contribution in [0.25, 0.3) is 0 Å². The highest BCUT2D eigenvalue weighted by atomic mass is 32.1. The number of nitrogens with zero attached hydrogens (tertiary/aromatic N) is 5. The number of benzene rings is 1. The van der Waals surface area contributed by atoms with Crippen LogP contribution in [0.3, 0.4) is 0 Å². The first-order valence-electron chi connectivity index (χ1n) is 7.92. The van der Waals surface area contributed by atoms with Crippen LogP contribution in [0.4, 0.5) is 16.4 Å². The smallest absolute Gasteiger partial charge is 0.216 e. The molecule has 0 spiro atoms. The van der Waals surface area contributed by atoms with E-state index >= 15 is 0 Å². The van der Waals surface area contributed by atoms with Gasteiger partial charge in [-0.1, -0.05) is 0 Å². The number of hydrogen-bond donors (Lipinski definition) is 1. The fourth-order valence-electron chi connectivity index (χ4n) is 2.22. The van der Waals surface area contributed by atoms with E-state index < -0.39 is 0 Å². The van der Waals surface area contributed by atoms with Gasteiger partial charge in [-0.25, -0.2) is 0 Å². The van der Waals surface area contributed by atoms with Crippen molar-refractivity contribution in [3.63, 3.8) is 0 Å². The van der Waals surface area contributed by atoms with Gasteiger partial charge in [-0.05, 0) is 49.6 Å². The molecule has 1 N–H and O–H groups in total. The molecule has 0 bridgehead atoms. The minimum Gasteiger partial charge on any atom is -0.370 e. The summed E-state index contributed by atoms with van der Waals surface area (Å²) in [7, 11) is 0. The number of amides is 1. The predicted molar refractivity (Wildman–Crippen MR) is 98.8 cm³/mol. The molecule has 2 aromatic rings.